The van der Waals surface area contributed by atoms with Gasteiger partial charge in [0, 0.05) is 25.0 Å². The van der Waals surface area contributed by atoms with Gasteiger partial charge in [-0.25, -0.2) is 0 Å². The Labute approximate surface area is 91.4 Å². The molecule has 1 atom stereocenters. The Morgan fingerprint density at radius 1 is 1.60 bits per heavy atom. The van der Waals surface area contributed by atoms with Crippen molar-refractivity contribution in [3.8, 4) is 0 Å². The van der Waals surface area contributed by atoms with Crippen LogP contribution in [0.25, 0.3) is 0 Å². The molecule has 4 heteroatoms. The molecule has 0 saturated heterocycles. The largest absolute Gasteiger partial charge is 0.395 e. The summed E-state index contributed by atoms with van der Waals surface area (Å²) < 4.78 is 0. The van der Waals surface area contributed by atoms with Gasteiger partial charge in [-0.05, 0) is 19.3 Å². The third kappa shape index (κ3) is 4.18. The molecule has 1 amide bonds. The Morgan fingerprint density at radius 3 is 2.73 bits per heavy atom. The molecule has 1 rings (SSSR count). The summed E-state index contributed by atoms with van der Waals surface area (Å²) in [5.74, 6) is 0.104. The maximum Gasteiger partial charge on any atom is 0.224 e. The van der Waals surface area contributed by atoms with E-state index in [0.29, 0.717) is 19.0 Å². The first-order valence-electron chi connectivity index (χ1n) is 5.85. The Hall–Kier alpha value is -0.610. The van der Waals surface area contributed by atoms with Crippen LogP contribution in [0.1, 0.15) is 39.0 Å². The lowest BCUT2D eigenvalue weighted by Gasteiger charge is -2.23. The molecule has 0 bridgehead atoms. The fourth-order valence-electron chi connectivity index (χ4n) is 1.82. The van der Waals surface area contributed by atoms with E-state index in [1.54, 1.807) is 4.90 Å². The minimum Gasteiger partial charge on any atom is -0.395 e. The van der Waals surface area contributed by atoms with Crippen molar-refractivity contribution in [2.45, 2.75) is 51.1 Å². The van der Waals surface area contributed by atoms with Crippen LogP contribution in [0.5, 0.6) is 0 Å². The van der Waals surface area contributed by atoms with E-state index in [2.05, 4.69) is 6.92 Å². The minimum absolute atomic E-state index is 0.0255. The summed E-state index contributed by atoms with van der Waals surface area (Å²) in [4.78, 5) is 13.6. The van der Waals surface area contributed by atoms with E-state index in [1.807, 2.05) is 0 Å². The van der Waals surface area contributed by atoms with E-state index in [1.165, 1.54) is 0 Å². The summed E-state index contributed by atoms with van der Waals surface area (Å²) >= 11 is 0. The maximum atomic E-state index is 11.8. The number of aliphatic hydroxyl groups excluding tert-OH is 1. The summed E-state index contributed by atoms with van der Waals surface area (Å²) in [6.45, 7) is 2.57. The predicted molar refractivity (Wildman–Crippen MR) is 59.3 cm³/mol. The molecule has 0 aromatic heterocycles. The quantitative estimate of drug-likeness (QED) is 0.648. The lowest BCUT2D eigenvalue weighted by Crippen LogP contribution is -2.39. The van der Waals surface area contributed by atoms with Gasteiger partial charge < -0.3 is 15.7 Å². The average Bonchev–Trinajstić information content (AvgIpc) is 2.97. The number of amides is 1. The molecular formula is C11H22N2O2. The summed E-state index contributed by atoms with van der Waals surface area (Å²) in [5, 5.41) is 8.87. The van der Waals surface area contributed by atoms with E-state index in [0.717, 1.165) is 25.7 Å². The van der Waals surface area contributed by atoms with Crippen LogP contribution in [0.3, 0.4) is 0 Å². The van der Waals surface area contributed by atoms with Gasteiger partial charge >= 0.3 is 0 Å². The highest BCUT2D eigenvalue weighted by Crippen LogP contribution is 2.27. The molecule has 1 saturated carbocycles. The maximum absolute atomic E-state index is 11.8. The normalized spacial score (nSPS) is 17.5. The fourth-order valence-corrected chi connectivity index (χ4v) is 1.82. The molecule has 0 heterocycles. The fraction of sp³-hybridized carbons (Fsp3) is 0.909. The van der Waals surface area contributed by atoms with E-state index in [9.17, 15) is 4.79 Å². The topological polar surface area (TPSA) is 66.6 Å². The molecule has 1 aliphatic rings. The standard InChI is InChI=1S/C11H22N2O2/c1-2-3-9(12)8-11(15)13(6-7-14)10-4-5-10/h9-10,14H,2-8,12H2,1H3. The molecule has 0 aromatic carbocycles. The first kappa shape index (κ1) is 12.5. The van der Waals surface area contributed by atoms with E-state index >= 15 is 0 Å². The lowest BCUT2D eigenvalue weighted by atomic mass is 10.1. The zero-order valence-electron chi connectivity index (χ0n) is 9.48. The van der Waals surface area contributed by atoms with Crippen molar-refractivity contribution in [1.82, 2.24) is 4.90 Å². The second-order valence-electron chi connectivity index (χ2n) is 4.29. The summed E-state index contributed by atoms with van der Waals surface area (Å²) in [6.07, 6.45) is 4.48. The number of nitrogens with two attached hydrogens (primary N) is 1. The van der Waals surface area contributed by atoms with Crippen LogP contribution in [0, 0.1) is 0 Å². The highest BCUT2D eigenvalue weighted by Gasteiger charge is 2.32. The van der Waals surface area contributed by atoms with Gasteiger partial charge in [-0.2, -0.15) is 0 Å². The Morgan fingerprint density at radius 2 is 2.27 bits per heavy atom. The molecule has 3 N–H and O–H groups in total. The summed E-state index contributed by atoms with van der Waals surface area (Å²) in [7, 11) is 0. The predicted octanol–water partition coefficient (Wildman–Crippen LogP) is 0.487. The van der Waals surface area contributed by atoms with E-state index < -0.39 is 0 Å². The number of carbonyl (C=O) groups is 1. The number of hydrogen-bond donors (Lipinski definition) is 2. The van der Waals surface area contributed by atoms with Gasteiger partial charge in [0.2, 0.25) is 5.91 Å². The van der Waals surface area contributed by atoms with Crippen molar-refractivity contribution in [2.24, 2.45) is 5.73 Å². The average molecular weight is 214 g/mol. The third-order valence-electron chi connectivity index (χ3n) is 2.75. The first-order valence-corrected chi connectivity index (χ1v) is 5.85. The van der Waals surface area contributed by atoms with Crippen LogP contribution in [-0.2, 0) is 4.79 Å². The molecule has 0 aliphatic heterocycles. The monoisotopic (exact) mass is 214 g/mol. The van der Waals surface area contributed by atoms with Gasteiger partial charge in [-0.1, -0.05) is 13.3 Å². The van der Waals surface area contributed by atoms with Gasteiger partial charge in [0.25, 0.3) is 0 Å². The van der Waals surface area contributed by atoms with Crippen molar-refractivity contribution >= 4 is 5.91 Å². The zero-order chi connectivity index (χ0) is 11.3. The highest BCUT2D eigenvalue weighted by molar-refractivity contribution is 5.77. The minimum atomic E-state index is -0.0255. The van der Waals surface area contributed by atoms with Crippen LogP contribution in [0.4, 0.5) is 0 Å². The van der Waals surface area contributed by atoms with Gasteiger partial charge in [-0.3, -0.25) is 4.79 Å². The summed E-state index contributed by atoms with van der Waals surface area (Å²) in [5.41, 5.74) is 5.83. The SMILES string of the molecule is CCCC(N)CC(=O)N(CCO)C1CC1. The van der Waals surface area contributed by atoms with Crippen molar-refractivity contribution in [3.05, 3.63) is 0 Å². The Balaban J connectivity index is 2.34. The van der Waals surface area contributed by atoms with Crippen LogP contribution in [0.15, 0.2) is 0 Å². The second kappa shape index (κ2) is 6.08. The van der Waals surface area contributed by atoms with Crippen molar-refractivity contribution in [1.29, 1.82) is 0 Å². The molecule has 15 heavy (non-hydrogen) atoms. The van der Waals surface area contributed by atoms with Crippen LogP contribution in [0.2, 0.25) is 0 Å². The number of aliphatic hydroxyl groups is 1. The molecule has 1 fully saturated rings. The number of nitrogens with zero attached hydrogens (tertiary/aromatic N) is 1. The van der Waals surface area contributed by atoms with E-state index in [-0.39, 0.29) is 18.6 Å². The molecule has 88 valence electrons. The molecule has 1 aliphatic carbocycles. The van der Waals surface area contributed by atoms with E-state index in [4.69, 9.17) is 10.8 Å². The van der Waals surface area contributed by atoms with Crippen LogP contribution >= 0.6 is 0 Å². The molecular weight excluding hydrogens is 192 g/mol. The van der Waals surface area contributed by atoms with Gasteiger partial charge in [0.05, 0.1) is 6.61 Å². The lowest BCUT2D eigenvalue weighted by molar-refractivity contribution is -0.132. The molecule has 0 radical (unpaired) electrons. The number of hydrogen-bond acceptors (Lipinski definition) is 3. The highest BCUT2D eigenvalue weighted by atomic mass is 16.3. The van der Waals surface area contributed by atoms with Crippen molar-refractivity contribution < 1.29 is 9.90 Å². The van der Waals surface area contributed by atoms with Gasteiger partial charge in [-0.15, -0.1) is 0 Å². The molecule has 1 unspecified atom stereocenters. The van der Waals surface area contributed by atoms with Crippen LogP contribution in [-0.4, -0.2) is 41.1 Å². The summed E-state index contributed by atoms with van der Waals surface area (Å²) in [6, 6.07) is 0.348. The number of carbonyl (C=O) groups excluding carboxylic acids is 1. The molecule has 4 nitrogen and oxygen atoms in total. The van der Waals surface area contributed by atoms with Gasteiger partial charge in [0.15, 0.2) is 0 Å². The second-order valence-corrected chi connectivity index (χ2v) is 4.29. The molecule has 0 aromatic rings. The molecule has 0 spiro atoms. The smallest absolute Gasteiger partial charge is 0.224 e. The Bertz CT molecular complexity index is 205. The zero-order valence-corrected chi connectivity index (χ0v) is 9.48. The third-order valence-corrected chi connectivity index (χ3v) is 2.75. The van der Waals surface area contributed by atoms with Gasteiger partial charge in [0.1, 0.15) is 0 Å². The first-order chi connectivity index (χ1) is 7.19. The van der Waals surface area contributed by atoms with Crippen molar-refractivity contribution in [2.75, 3.05) is 13.2 Å². The Kier molecular flexibility index (Phi) is 5.05. The van der Waals surface area contributed by atoms with Crippen molar-refractivity contribution in [3.63, 3.8) is 0 Å². The number of rotatable bonds is 7. The van der Waals surface area contributed by atoms with Crippen LogP contribution < -0.4 is 5.73 Å².